The van der Waals surface area contributed by atoms with Gasteiger partial charge in [-0.15, -0.1) is 0 Å². The summed E-state index contributed by atoms with van der Waals surface area (Å²) >= 11 is 0. The van der Waals surface area contributed by atoms with Crippen molar-refractivity contribution in [2.24, 2.45) is 0 Å². The lowest BCUT2D eigenvalue weighted by Crippen LogP contribution is -2.46. The molecule has 1 rings (SSSR count). The predicted octanol–water partition coefficient (Wildman–Crippen LogP) is 2.47. The third kappa shape index (κ3) is 3.01. The number of likely N-dealkylation sites (N-methyl/N-ethyl adjacent to an activating group) is 1. The van der Waals surface area contributed by atoms with Crippen LogP contribution in [-0.2, 0) is 0 Å². The summed E-state index contributed by atoms with van der Waals surface area (Å²) in [7, 11) is 7.17. The Labute approximate surface area is 115 Å². The van der Waals surface area contributed by atoms with E-state index in [2.05, 4.69) is 6.92 Å². The maximum Gasteiger partial charge on any atom is 0.125 e. The molecular weight excluding hydrogens is 242 g/mol. The summed E-state index contributed by atoms with van der Waals surface area (Å²) in [5.41, 5.74) is 0.388. The van der Waals surface area contributed by atoms with Crippen LogP contribution in [0.15, 0.2) is 18.2 Å². The highest BCUT2D eigenvalue weighted by Crippen LogP contribution is 2.38. The van der Waals surface area contributed by atoms with Gasteiger partial charge >= 0.3 is 0 Å². The fraction of sp³-hybridized carbons (Fsp3) is 0.600. The summed E-state index contributed by atoms with van der Waals surface area (Å²) in [6, 6.07) is 5.48. The van der Waals surface area contributed by atoms with Crippen LogP contribution in [0.3, 0.4) is 0 Å². The largest absolute Gasteiger partial charge is 0.497 e. The lowest BCUT2D eigenvalue weighted by atomic mass is 9.85. The monoisotopic (exact) mass is 267 g/mol. The number of benzene rings is 1. The smallest absolute Gasteiger partial charge is 0.125 e. The summed E-state index contributed by atoms with van der Waals surface area (Å²) in [4.78, 5) is 2.04. The average molecular weight is 267 g/mol. The van der Waals surface area contributed by atoms with E-state index < -0.39 is 6.10 Å². The Morgan fingerprint density at radius 3 is 2.32 bits per heavy atom. The van der Waals surface area contributed by atoms with E-state index in [9.17, 15) is 5.11 Å². The van der Waals surface area contributed by atoms with E-state index in [0.717, 1.165) is 12.0 Å². The van der Waals surface area contributed by atoms with Crippen molar-refractivity contribution in [1.29, 1.82) is 0 Å². The first-order valence-electron chi connectivity index (χ1n) is 6.48. The van der Waals surface area contributed by atoms with Crippen LogP contribution in [-0.4, -0.2) is 43.9 Å². The second-order valence-electron chi connectivity index (χ2n) is 5.12. The van der Waals surface area contributed by atoms with Crippen molar-refractivity contribution in [3.8, 4) is 11.5 Å². The van der Waals surface area contributed by atoms with E-state index in [-0.39, 0.29) is 5.54 Å². The van der Waals surface area contributed by atoms with Gasteiger partial charge in [-0.3, -0.25) is 0 Å². The van der Waals surface area contributed by atoms with Gasteiger partial charge in [0.1, 0.15) is 17.6 Å². The van der Waals surface area contributed by atoms with Gasteiger partial charge < -0.3 is 19.5 Å². The van der Waals surface area contributed by atoms with Gasteiger partial charge in [0.25, 0.3) is 0 Å². The quantitative estimate of drug-likeness (QED) is 0.859. The Kier molecular flexibility index (Phi) is 5.20. The first-order valence-corrected chi connectivity index (χ1v) is 6.48. The molecule has 0 fully saturated rings. The van der Waals surface area contributed by atoms with E-state index >= 15 is 0 Å². The molecule has 0 saturated carbocycles. The predicted molar refractivity (Wildman–Crippen MR) is 76.9 cm³/mol. The second-order valence-corrected chi connectivity index (χ2v) is 5.12. The first kappa shape index (κ1) is 15.8. The van der Waals surface area contributed by atoms with Crippen LogP contribution < -0.4 is 9.47 Å². The molecule has 1 N–H and O–H groups in total. The van der Waals surface area contributed by atoms with Gasteiger partial charge in [-0.25, -0.2) is 0 Å². The molecule has 108 valence electrons. The van der Waals surface area contributed by atoms with Crippen LogP contribution in [0.2, 0.25) is 0 Å². The van der Waals surface area contributed by atoms with Crippen LogP contribution in [0.1, 0.15) is 31.9 Å². The molecule has 4 nitrogen and oxygen atoms in total. The Balaban J connectivity index is 3.26. The fourth-order valence-corrected chi connectivity index (χ4v) is 2.14. The molecule has 0 saturated heterocycles. The molecule has 0 amide bonds. The van der Waals surface area contributed by atoms with Crippen molar-refractivity contribution in [3.05, 3.63) is 23.8 Å². The van der Waals surface area contributed by atoms with Crippen LogP contribution in [0, 0.1) is 0 Å². The van der Waals surface area contributed by atoms with Crippen molar-refractivity contribution in [1.82, 2.24) is 4.90 Å². The summed E-state index contributed by atoms with van der Waals surface area (Å²) in [5, 5.41) is 10.8. The van der Waals surface area contributed by atoms with Crippen molar-refractivity contribution in [2.45, 2.75) is 31.9 Å². The summed E-state index contributed by atoms with van der Waals surface area (Å²) in [5.74, 6) is 1.39. The van der Waals surface area contributed by atoms with Gasteiger partial charge in [-0.2, -0.15) is 0 Å². The Hall–Kier alpha value is -1.26. The zero-order valence-corrected chi connectivity index (χ0v) is 12.7. The fourth-order valence-electron chi connectivity index (χ4n) is 2.14. The molecule has 2 unspecified atom stereocenters. The average Bonchev–Trinajstić information content (AvgIpc) is 2.44. The molecule has 0 aliphatic carbocycles. The van der Waals surface area contributed by atoms with Gasteiger partial charge in [0.15, 0.2) is 0 Å². The second kappa shape index (κ2) is 6.26. The first-order chi connectivity index (χ1) is 8.90. The zero-order valence-electron chi connectivity index (χ0n) is 12.7. The van der Waals surface area contributed by atoms with Crippen LogP contribution >= 0.6 is 0 Å². The number of rotatable bonds is 6. The third-order valence-electron chi connectivity index (χ3n) is 4.06. The summed E-state index contributed by atoms with van der Waals surface area (Å²) in [6.45, 7) is 4.10. The van der Waals surface area contributed by atoms with Crippen molar-refractivity contribution >= 4 is 0 Å². The number of hydrogen-bond acceptors (Lipinski definition) is 4. The number of hydrogen-bond donors (Lipinski definition) is 1. The van der Waals surface area contributed by atoms with Gasteiger partial charge in [0, 0.05) is 11.1 Å². The minimum Gasteiger partial charge on any atom is -0.497 e. The van der Waals surface area contributed by atoms with Crippen LogP contribution in [0.25, 0.3) is 0 Å². The molecule has 0 aromatic heterocycles. The molecule has 2 atom stereocenters. The normalized spacial score (nSPS) is 16.0. The molecular formula is C15H25NO3. The number of nitrogens with zero attached hydrogens (tertiary/aromatic N) is 1. The Morgan fingerprint density at radius 2 is 1.89 bits per heavy atom. The van der Waals surface area contributed by atoms with Gasteiger partial charge in [0.2, 0.25) is 0 Å². The minimum absolute atomic E-state index is 0.361. The van der Waals surface area contributed by atoms with E-state index in [0.29, 0.717) is 11.5 Å². The summed E-state index contributed by atoms with van der Waals surface area (Å²) in [6.07, 6.45) is 0.166. The number of ether oxygens (including phenoxy) is 2. The van der Waals surface area contributed by atoms with Crippen molar-refractivity contribution in [3.63, 3.8) is 0 Å². The topological polar surface area (TPSA) is 41.9 Å². The number of aliphatic hydroxyl groups is 1. The van der Waals surface area contributed by atoms with E-state index in [4.69, 9.17) is 9.47 Å². The highest BCUT2D eigenvalue weighted by Gasteiger charge is 2.36. The summed E-state index contributed by atoms with van der Waals surface area (Å²) < 4.78 is 10.6. The van der Waals surface area contributed by atoms with E-state index in [1.807, 2.05) is 44.1 Å². The molecule has 0 radical (unpaired) electrons. The van der Waals surface area contributed by atoms with Gasteiger partial charge in [-0.05, 0) is 45.6 Å². The highest BCUT2D eigenvalue weighted by atomic mass is 16.5. The Morgan fingerprint density at radius 1 is 1.26 bits per heavy atom. The van der Waals surface area contributed by atoms with Gasteiger partial charge in [-0.1, -0.05) is 6.92 Å². The number of methoxy groups -OCH3 is 2. The molecule has 0 aliphatic heterocycles. The molecule has 1 aromatic rings. The standard InChI is InChI=1S/C15H25NO3/c1-7-15(2,16(3)4)14(17)12-10-11(18-5)8-9-13(12)19-6/h8-10,14,17H,7H2,1-6H3. The molecule has 0 spiro atoms. The van der Waals surface area contributed by atoms with Crippen molar-refractivity contribution < 1.29 is 14.6 Å². The maximum atomic E-state index is 10.8. The van der Waals surface area contributed by atoms with Crippen LogP contribution in [0.5, 0.6) is 11.5 Å². The zero-order chi connectivity index (χ0) is 14.6. The van der Waals surface area contributed by atoms with Gasteiger partial charge in [0.05, 0.1) is 14.2 Å². The minimum atomic E-state index is -0.655. The third-order valence-corrected chi connectivity index (χ3v) is 4.06. The molecule has 0 aliphatic rings. The molecule has 19 heavy (non-hydrogen) atoms. The molecule has 4 heteroatoms. The highest BCUT2D eigenvalue weighted by molar-refractivity contribution is 5.42. The Bertz CT molecular complexity index is 420. The SMILES string of the molecule is CCC(C)(C(O)c1cc(OC)ccc1OC)N(C)C. The number of aliphatic hydroxyl groups excluding tert-OH is 1. The molecule has 1 aromatic carbocycles. The maximum absolute atomic E-state index is 10.8. The van der Waals surface area contributed by atoms with Crippen LogP contribution in [0.4, 0.5) is 0 Å². The van der Waals surface area contributed by atoms with E-state index in [1.54, 1.807) is 14.2 Å². The molecule has 0 heterocycles. The lowest BCUT2D eigenvalue weighted by Gasteiger charge is -2.40. The lowest BCUT2D eigenvalue weighted by molar-refractivity contribution is -0.000520. The van der Waals surface area contributed by atoms with E-state index in [1.165, 1.54) is 0 Å². The molecule has 0 bridgehead atoms. The van der Waals surface area contributed by atoms with Crippen molar-refractivity contribution in [2.75, 3.05) is 28.3 Å².